The lowest BCUT2D eigenvalue weighted by atomic mass is 9.95. The molecular formula is C20H33N2O7. The average molecular weight is 413 g/mol. The maximum Gasteiger partial charge on any atom is 0.242 e. The van der Waals surface area contributed by atoms with E-state index in [2.05, 4.69) is 13.0 Å². The third-order valence-electron chi connectivity index (χ3n) is 4.65. The Bertz CT molecular complexity index is 537. The van der Waals surface area contributed by atoms with Crippen molar-refractivity contribution in [3.05, 3.63) is 44.5 Å². The minimum absolute atomic E-state index is 0.00891. The highest BCUT2D eigenvalue weighted by Crippen LogP contribution is 2.17. The van der Waals surface area contributed by atoms with Crippen molar-refractivity contribution in [1.82, 2.24) is 0 Å². The summed E-state index contributed by atoms with van der Waals surface area (Å²) in [4.78, 5) is 31.2. The Kier molecular flexibility index (Phi) is 15.6. The molecule has 9 heteroatoms. The van der Waals surface area contributed by atoms with Crippen LogP contribution in [-0.4, -0.2) is 50.6 Å². The summed E-state index contributed by atoms with van der Waals surface area (Å²) in [5.41, 5.74) is 0. The number of carbonyl (C=O) groups excluding carboxylic acids is 1. The van der Waals surface area contributed by atoms with E-state index in [0.29, 0.717) is 6.42 Å². The zero-order valence-corrected chi connectivity index (χ0v) is 17.0. The molecule has 0 aliphatic carbocycles. The SMILES string of the molecule is CCCCC/C=C\C/C=C\CC(C(O)CC(O)C(CCC[C]=O)[N+](=O)[O-])[N+](=O)[O-]. The van der Waals surface area contributed by atoms with Crippen LogP contribution in [-0.2, 0) is 4.79 Å². The van der Waals surface area contributed by atoms with Gasteiger partial charge in [-0.2, -0.15) is 0 Å². The summed E-state index contributed by atoms with van der Waals surface area (Å²) < 4.78 is 0. The molecule has 0 spiro atoms. The molecule has 0 fully saturated rings. The Hall–Kier alpha value is -2.13. The fraction of sp³-hybridized carbons (Fsp3) is 0.750. The third kappa shape index (κ3) is 12.8. The lowest BCUT2D eigenvalue weighted by Gasteiger charge is -2.20. The molecule has 0 aliphatic heterocycles. The predicted molar refractivity (Wildman–Crippen MR) is 109 cm³/mol. The van der Waals surface area contributed by atoms with E-state index in [1.165, 1.54) is 6.42 Å². The third-order valence-corrected chi connectivity index (χ3v) is 4.65. The number of allylic oxidation sites excluding steroid dienone is 3. The highest BCUT2D eigenvalue weighted by Gasteiger charge is 2.36. The quantitative estimate of drug-likeness (QED) is 0.152. The van der Waals surface area contributed by atoms with Gasteiger partial charge in [-0.25, -0.2) is 0 Å². The molecule has 1 radical (unpaired) electrons. The molecule has 165 valence electrons. The molecule has 0 aromatic carbocycles. The maximum absolute atomic E-state index is 11.2. The smallest absolute Gasteiger partial charge is 0.242 e. The van der Waals surface area contributed by atoms with Gasteiger partial charge in [-0.05, 0) is 25.7 Å². The maximum atomic E-state index is 11.2. The van der Waals surface area contributed by atoms with E-state index in [-0.39, 0.29) is 25.7 Å². The van der Waals surface area contributed by atoms with Crippen LogP contribution in [0.4, 0.5) is 0 Å². The molecule has 0 aliphatic rings. The molecule has 0 bridgehead atoms. The number of aliphatic hydroxyl groups excluding tert-OH is 2. The van der Waals surface area contributed by atoms with Gasteiger partial charge in [-0.3, -0.25) is 25.0 Å². The summed E-state index contributed by atoms with van der Waals surface area (Å²) in [7, 11) is 0. The summed E-state index contributed by atoms with van der Waals surface area (Å²) in [5, 5.41) is 42.5. The molecular weight excluding hydrogens is 380 g/mol. The van der Waals surface area contributed by atoms with Crippen LogP contribution in [0, 0.1) is 20.2 Å². The Morgan fingerprint density at radius 2 is 1.55 bits per heavy atom. The second kappa shape index (κ2) is 16.8. The minimum atomic E-state index is -1.54. The Balaban J connectivity index is 4.58. The van der Waals surface area contributed by atoms with Crippen molar-refractivity contribution < 1.29 is 24.9 Å². The van der Waals surface area contributed by atoms with Crippen LogP contribution >= 0.6 is 0 Å². The number of nitrogens with zero attached hydrogens (tertiary/aromatic N) is 2. The van der Waals surface area contributed by atoms with Gasteiger partial charge in [0.1, 0.15) is 12.2 Å². The molecule has 0 aromatic rings. The summed E-state index contributed by atoms with van der Waals surface area (Å²) in [6.45, 7) is 2.13. The molecule has 4 unspecified atom stereocenters. The minimum Gasteiger partial charge on any atom is -0.386 e. The van der Waals surface area contributed by atoms with E-state index in [1.807, 2.05) is 6.08 Å². The number of hydrogen-bond acceptors (Lipinski definition) is 7. The normalized spacial score (nSPS) is 16.0. The molecule has 0 rings (SSSR count). The number of unbranched alkanes of at least 4 members (excludes halogenated alkanes) is 4. The van der Waals surface area contributed by atoms with Gasteiger partial charge < -0.3 is 10.2 Å². The Morgan fingerprint density at radius 1 is 0.931 bits per heavy atom. The standard InChI is InChI=1S/C20H33N2O7/c1-2-3-4-5-6-7-8-9-10-13-17(21(26)27)19(24)16-20(25)18(22(28)29)14-11-12-15-23/h6-7,9-10,17-20,24-25H,2-5,8,11-14,16H2,1H3/b7-6-,10-9-. The molecule has 0 saturated heterocycles. The van der Waals surface area contributed by atoms with Crippen LogP contribution in [0.5, 0.6) is 0 Å². The average Bonchev–Trinajstić information content (AvgIpc) is 2.65. The first-order chi connectivity index (χ1) is 13.8. The predicted octanol–water partition coefficient (Wildman–Crippen LogP) is 3.14. The molecule has 0 aromatic heterocycles. The second-order valence-electron chi connectivity index (χ2n) is 7.02. The number of rotatable bonds is 18. The summed E-state index contributed by atoms with van der Waals surface area (Å²) in [5.74, 6) is 0. The zero-order chi connectivity index (χ0) is 22.1. The molecule has 0 heterocycles. The van der Waals surface area contributed by atoms with Crippen LogP contribution in [0.3, 0.4) is 0 Å². The van der Waals surface area contributed by atoms with E-state index in [1.54, 1.807) is 18.4 Å². The molecule has 2 N–H and O–H groups in total. The Labute approximate surface area is 171 Å². The van der Waals surface area contributed by atoms with E-state index in [4.69, 9.17) is 0 Å². The van der Waals surface area contributed by atoms with Gasteiger partial charge in [0.05, 0.1) is 0 Å². The molecule has 4 atom stereocenters. The number of hydrogen-bond donors (Lipinski definition) is 2. The van der Waals surface area contributed by atoms with Crippen molar-refractivity contribution >= 4 is 6.29 Å². The van der Waals surface area contributed by atoms with Crippen molar-refractivity contribution in [2.45, 2.75) is 95.4 Å². The molecule has 0 saturated carbocycles. The summed E-state index contributed by atoms with van der Waals surface area (Å²) in [6.07, 6.45) is 10.7. The van der Waals surface area contributed by atoms with E-state index in [9.17, 15) is 35.2 Å². The second-order valence-corrected chi connectivity index (χ2v) is 7.02. The number of aliphatic hydroxyl groups is 2. The van der Waals surface area contributed by atoms with Gasteiger partial charge in [0.2, 0.25) is 12.1 Å². The van der Waals surface area contributed by atoms with Crippen molar-refractivity contribution in [1.29, 1.82) is 0 Å². The van der Waals surface area contributed by atoms with Crippen LogP contribution in [0.25, 0.3) is 0 Å². The van der Waals surface area contributed by atoms with Gasteiger partial charge in [0, 0.05) is 35.5 Å². The topological polar surface area (TPSA) is 144 Å². The molecule has 29 heavy (non-hydrogen) atoms. The zero-order valence-electron chi connectivity index (χ0n) is 17.0. The molecule has 9 nitrogen and oxygen atoms in total. The van der Waals surface area contributed by atoms with Crippen LogP contribution in [0.15, 0.2) is 24.3 Å². The lowest BCUT2D eigenvalue weighted by molar-refractivity contribution is -0.543. The van der Waals surface area contributed by atoms with E-state index >= 15 is 0 Å². The fourth-order valence-corrected chi connectivity index (χ4v) is 2.90. The number of nitro groups is 2. The largest absolute Gasteiger partial charge is 0.386 e. The lowest BCUT2D eigenvalue weighted by Crippen LogP contribution is -2.41. The summed E-state index contributed by atoms with van der Waals surface area (Å²) in [6, 6.07) is -2.75. The van der Waals surface area contributed by atoms with Crippen molar-refractivity contribution in [2.75, 3.05) is 0 Å². The van der Waals surface area contributed by atoms with Gasteiger partial charge in [0.15, 0.2) is 6.29 Å². The van der Waals surface area contributed by atoms with E-state index in [0.717, 1.165) is 19.3 Å². The van der Waals surface area contributed by atoms with Crippen LogP contribution in [0.2, 0.25) is 0 Å². The van der Waals surface area contributed by atoms with Gasteiger partial charge >= 0.3 is 0 Å². The Morgan fingerprint density at radius 3 is 2.14 bits per heavy atom. The van der Waals surface area contributed by atoms with Crippen molar-refractivity contribution in [3.8, 4) is 0 Å². The monoisotopic (exact) mass is 413 g/mol. The van der Waals surface area contributed by atoms with Crippen LogP contribution in [0.1, 0.15) is 71.1 Å². The van der Waals surface area contributed by atoms with Crippen LogP contribution < -0.4 is 0 Å². The first kappa shape index (κ1) is 26.9. The van der Waals surface area contributed by atoms with E-state index < -0.39 is 40.6 Å². The highest BCUT2D eigenvalue weighted by atomic mass is 16.6. The van der Waals surface area contributed by atoms with Gasteiger partial charge in [0.25, 0.3) is 0 Å². The van der Waals surface area contributed by atoms with Crippen molar-refractivity contribution in [2.24, 2.45) is 0 Å². The first-order valence-corrected chi connectivity index (χ1v) is 10.1. The molecule has 0 amide bonds. The summed E-state index contributed by atoms with van der Waals surface area (Å²) >= 11 is 0. The first-order valence-electron chi connectivity index (χ1n) is 10.1. The van der Waals surface area contributed by atoms with Gasteiger partial charge in [-0.15, -0.1) is 0 Å². The highest BCUT2D eigenvalue weighted by molar-refractivity contribution is 5.50. The van der Waals surface area contributed by atoms with Crippen molar-refractivity contribution in [3.63, 3.8) is 0 Å². The fourth-order valence-electron chi connectivity index (χ4n) is 2.90. The van der Waals surface area contributed by atoms with Gasteiger partial charge in [-0.1, -0.05) is 44.1 Å².